The molecule has 0 saturated heterocycles. The van der Waals surface area contributed by atoms with Crippen LogP contribution in [-0.4, -0.2) is 26.0 Å². The second kappa shape index (κ2) is 7.78. The number of ether oxygens (including phenoxy) is 1. The van der Waals surface area contributed by atoms with Gasteiger partial charge in [-0.15, -0.1) is 0 Å². The minimum absolute atomic E-state index is 0.0893. The number of alkyl halides is 3. The summed E-state index contributed by atoms with van der Waals surface area (Å²) in [5, 5.41) is 14.8. The lowest BCUT2D eigenvalue weighted by Crippen LogP contribution is -2.46. The van der Waals surface area contributed by atoms with E-state index >= 15 is 0 Å². The third-order valence-corrected chi connectivity index (χ3v) is 4.37. The van der Waals surface area contributed by atoms with E-state index in [0.717, 1.165) is 23.4 Å². The van der Waals surface area contributed by atoms with Gasteiger partial charge in [0.2, 0.25) is 5.60 Å². The minimum Gasteiger partial charge on any atom is -0.457 e. The van der Waals surface area contributed by atoms with Crippen LogP contribution in [0.15, 0.2) is 55.1 Å². The molecule has 0 aliphatic carbocycles. The smallest absolute Gasteiger partial charge is 0.423 e. The summed E-state index contributed by atoms with van der Waals surface area (Å²) in [6.07, 6.45) is -2.79. The summed E-state index contributed by atoms with van der Waals surface area (Å²) >= 11 is 5.82. The SMILES string of the molecule is NCc1cc(Oc2ccc(Cl)cc2)ccc1C(O)(Cn1cncn1)C(F)(F)F. The number of halogens is 4. The summed E-state index contributed by atoms with van der Waals surface area (Å²) in [7, 11) is 0. The highest BCUT2D eigenvalue weighted by molar-refractivity contribution is 6.30. The fourth-order valence-corrected chi connectivity index (χ4v) is 2.85. The first kappa shape index (κ1) is 20.1. The van der Waals surface area contributed by atoms with Gasteiger partial charge in [0.15, 0.2) is 0 Å². The van der Waals surface area contributed by atoms with Gasteiger partial charge in [0.25, 0.3) is 0 Å². The van der Waals surface area contributed by atoms with Crippen LogP contribution in [0.2, 0.25) is 5.02 Å². The molecule has 0 aliphatic heterocycles. The molecule has 28 heavy (non-hydrogen) atoms. The van der Waals surface area contributed by atoms with Crippen molar-refractivity contribution < 1.29 is 23.0 Å². The molecule has 0 fully saturated rings. The minimum atomic E-state index is -4.97. The van der Waals surface area contributed by atoms with Gasteiger partial charge in [0.1, 0.15) is 24.2 Å². The lowest BCUT2D eigenvalue weighted by molar-refractivity contribution is -0.272. The van der Waals surface area contributed by atoms with Crippen molar-refractivity contribution in [3.8, 4) is 11.5 Å². The number of benzene rings is 2. The summed E-state index contributed by atoms with van der Waals surface area (Å²) in [5.41, 5.74) is 2.18. The highest BCUT2D eigenvalue weighted by Gasteiger charge is 2.56. The predicted molar refractivity (Wildman–Crippen MR) is 95.8 cm³/mol. The summed E-state index contributed by atoms with van der Waals surface area (Å²) in [6, 6.07) is 10.3. The van der Waals surface area contributed by atoms with Gasteiger partial charge in [-0.2, -0.15) is 18.3 Å². The van der Waals surface area contributed by atoms with Crippen molar-refractivity contribution >= 4 is 11.6 Å². The molecule has 0 amide bonds. The molecule has 10 heteroatoms. The van der Waals surface area contributed by atoms with Crippen LogP contribution in [0.5, 0.6) is 11.5 Å². The van der Waals surface area contributed by atoms with Gasteiger partial charge in [-0.05, 0) is 47.5 Å². The number of hydrogen-bond acceptors (Lipinski definition) is 5. The molecule has 1 heterocycles. The molecule has 1 aromatic heterocycles. The van der Waals surface area contributed by atoms with Crippen molar-refractivity contribution in [1.82, 2.24) is 14.8 Å². The van der Waals surface area contributed by atoms with Crippen LogP contribution in [0.25, 0.3) is 0 Å². The van der Waals surface area contributed by atoms with E-state index in [2.05, 4.69) is 10.1 Å². The molecule has 0 bridgehead atoms. The third kappa shape index (κ3) is 4.11. The molecule has 0 radical (unpaired) electrons. The van der Waals surface area contributed by atoms with E-state index in [0.29, 0.717) is 10.8 Å². The van der Waals surface area contributed by atoms with Crippen LogP contribution < -0.4 is 10.5 Å². The van der Waals surface area contributed by atoms with Crippen molar-refractivity contribution in [3.05, 3.63) is 71.3 Å². The van der Waals surface area contributed by atoms with Gasteiger partial charge in [-0.25, -0.2) is 9.67 Å². The molecule has 0 spiro atoms. The summed E-state index contributed by atoms with van der Waals surface area (Å²) in [6.45, 7) is -1.09. The van der Waals surface area contributed by atoms with E-state index in [-0.39, 0.29) is 23.4 Å². The Morgan fingerprint density at radius 2 is 1.79 bits per heavy atom. The number of rotatable bonds is 6. The number of hydrogen-bond donors (Lipinski definition) is 2. The van der Waals surface area contributed by atoms with Crippen LogP contribution in [0.1, 0.15) is 11.1 Å². The molecule has 2 aromatic carbocycles. The standard InChI is InChI=1S/C18H16ClF3N4O2/c19-13-1-3-14(4-2-13)28-15-5-6-16(12(7-15)8-23)17(27,18(20,21)22)9-26-11-24-10-25-26/h1-7,10-11,27H,8-9,23H2. The molecule has 1 unspecified atom stereocenters. The topological polar surface area (TPSA) is 86.2 Å². The van der Waals surface area contributed by atoms with Gasteiger partial charge in [-0.1, -0.05) is 17.7 Å². The normalized spacial score (nSPS) is 13.9. The Bertz CT molecular complexity index is 933. The zero-order chi connectivity index (χ0) is 20.4. The summed E-state index contributed by atoms with van der Waals surface area (Å²) in [4.78, 5) is 3.61. The van der Waals surface area contributed by atoms with E-state index in [4.69, 9.17) is 22.1 Å². The predicted octanol–water partition coefficient (Wildman–Crippen LogP) is 3.63. The Balaban J connectivity index is 1.97. The van der Waals surface area contributed by atoms with Gasteiger partial charge in [0, 0.05) is 11.6 Å². The van der Waals surface area contributed by atoms with Gasteiger partial charge >= 0.3 is 6.18 Å². The number of aliphatic hydroxyl groups is 1. The molecule has 1 atom stereocenters. The first-order chi connectivity index (χ1) is 13.2. The fraction of sp³-hybridized carbons (Fsp3) is 0.222. The van der Waals surface area contributed by atoms with Crippen molar-refractivity contribution in [2.75, 3.05) is 0 Å². The molecule has 3 aromatic rings. The van der Waals surface area contributed by atoms with Crippen molar-refractivity contribution in [3.63, 3.8) is 0 Å². The highest BCUT2D eigenvalue weighted by atomic mass is 35.5. The molecular formula is C18H16ClF3N4O2. The van der Waals surface area contributed by atoms with Crippen molar-refractivity contribution in [2.45, 2.75) is 24.9 Å². The van der Waals surface area contributed by atoms with E-state index in [9.17, 15) is 18.3 Å². The average molecular weight is 413 g/mol. The second-order valence-corrected chi connectivity index (χ2v) is 6.47. The quantitative estimate of drug-likeness (QED) is 0.645. The molecule has 148 valence electrons. The van der Waals surface area contributed by atoms with Gasteiger partial charge in [-0.3, -0.25) is 0 Å². The Morgan fingerprint density at radius 1 is 1.11 bits per heavy atom. The maximum Gasteiger partial charge on any atom is 0.423 e. The van der Waals surface area contributed by atoms with Crippen LogP contribution in [0.4, 0.5) is 13.2 Å². The highest BCUT2D eigenvalue weighted by Crippen LogP contribution is 2.42. The molecule has 3 rings (SSSR count). The van der Waals surface area contributed by atoms with Crippen molar-refractivity contribution in [1.29, 1.82) is 0 Å². The largest absolute Gasteiger partial charge is 0.457 e. The van der Waals surface area contributed by atoms with E-state index < -0.39 is 18.3 Å². The fourth-order valence-electron chi connectivity index (χ4n) is 2.72. The molecule has 0 saturated carbocycles. The lowest BCUT2D eigenvalue weighted by Gasteiger charge is -2.32. The Hall–Kier alpha value is -2.62. The van der Waals surface area contributed by atoms with E-state index in [1.54, 1.807) is 24.3 Å². The molecule has 6 nitrogen and oxygen atoms in total. The molecular weight excluding hydrogens is 397 g/mol. The van der Waals surface area contributed by atoms with Gasteiger partial charge in [0.05, 0.1) is 6.54 Å². The van der Waals surface area contributed by atoms with E-state index in [1.165, 1.54) is 12.1 Å². The molecule has 0 aliphatic rings. The maximum absolute atomic E-state index is 13.8. The Morgan fingerprint density at radius 3 is 2.36 bits per heavy atom. The Kier molecular flexibility index (Phi) is 5.59. The molecule has 3 N–H and O–H groups in total. The van der Waals surface area contributed by atoms with Crippen LogP contribution >= 0.6 is 11.6 Å². The summed E-state index contributed by atoms with van der Waals surface area (Å²) in [5.74, 6) is 0.727. The lowest BCUT2D eigenvalue weighted by atomic mass is 9.88. The van der Waals surface area contributed by atoms with Crippen LogP contribution in [0.3, 0.4) is 0 Å². The Labute approximate surface area is 163 Å². The van der Waals surface area contributed by atoms with Gasteiger partial charge < -0.3 is 15.6 Å². The first-order valence-electron chi connectivity index (χ1n) is 8.11. The number of aromatic nitrogens is 3. The second-order valence-electron chi connectivity index (χ2n) is 6.03. The zero-order valence-corrected chi connectivity index (χ0v) is 15.2. The first-order valence-corrected chi connectivity index (χ1v) is 8.49. The zero-order valence-electron chi connectivity index (χ0n) is 14.4. The van der Waals surface area contributed by atoms with E-state index in [1.807, 2.05) is 0 Å². The average Bonchev–Trinajstić information content (AvgIpc) is 3.15. The maximum atomic E-state index is 13.8. The number of nitrogens with zero attached hydrogens (tertiary/aromatic N) is 3. The van der Waals surface area contributed by atoms with Crippen LogP contribution in [0, 0.1) is 0 Å². The number of nitrogens with two attached hydrogens (primary N) is 1. The monoisotopic (exact) mass is 412 g/mol. The van der Waals surface area contributed by atoms with Crippen molar-refractivity contribution in [2.24, 2.45) is 5.73 Å². The summed E-state index contributed by atoms with van der Waals surface area (Å²) < 4.78 is 47.9. The third-order valence-electron chi connectivity index (χ3n) is 4.12. The van der Waals surface area contributed by atoms with Crippen LogP contribution in [-0.2, 0) is 18.7 Å².